The van der Waals surface area contributed by atoms with E-state index in [-0.39, 0.29) is 19.0 Å². The Labute approximate surface area is 114 Å². The van der Waals surface area contributed by atoms with Crippen molar-refractivity contribution in [1.29, 1.82) is 0 Å². The lowest BCUT2D eigenvalue weighted by Crippen LogP contribution is -1.96. The second-order valence-electron chi connectivity index (χ2n) is 3.81. The van der Waals surface area contributed by atoms with Gasteiger partial charge in [-0.2, -0.15) is 0 Å². The molecule has 19 heavy (non-hydrogen) atoms. The van der Waals surface area contributed by atoms with Gasteiger partial charge in [-0.3, -0.25) is 0 Å². The van der Waals surface area contributed by atoms with Gasteiger partial charge in [-0.15, -0.1) is 11.3 Å². The molecule has 0 amide bonds. The molecule has 0 atom stereocenters. The zero-order valence-electron chi connectivity index (χ0n) is 10.4. The Morgan fingerprint density at radius 1 is 1.26 bits per heavy atom. The van der Waals surface area contributed by atoms with E-state index < -0.39 is 0 Å². The van der Waals surface area contributed by atoms with Crippen LogP contribution < -0.4 is 4.74 Å². The number of rotatable bonds is 6. The maximum atomic E-state index is 12.7. The Hall–Kier alpha value is -1.50. The van der Waals surface area contributed by atoms with Crippen molar-refractivity contribution in [2.75, 3.05) is 7.11 Å². The minimum atomic E-state index is -0.299. The molecular weight excluding hydrogens is 269 g/mol. The number of thiazole rings is 1. The molecule has 1 aromatic heterocycles. The van der Waals surface area contributed by atoms with Crippen molar-refractivity contribution in [2.24, 2.45) is 0 Å². The lowest BCUT2D eigenvalue weighted by atomic mass is 10.3. The number of aliphatic hydroxyl groups excluding tert-OH is 1. The third-order valence-electron chi connectivity index (χ3n) is 2.42. The Morgan fingerprint density at radius 2 is 2.00 bits per heavy atom. The van der Waals surface area contributed by atoms with E-state index in [0.717, 1.165) is 15.6 Å². The molecule has 1 N–H and O–H groups in total. The summed E-state index contributed by atoms with van der Waals surface area (Å²) in [6.07, 6.45) is 0. The predicted molar refractivity (Wildman–Crippen MR) is 69.5 cm³/mol. The van der Waals surface area contributed by atoms with E-state index >= 15 is 0 Å². The summed E-state index contributed by atoms with van der Waals surface area (Å²) >= 11 is 1.38. The van der Waals surface area contributed by atoms with Gasteiger partial charge < -0.3 is 14.6 Å². The van der Waals surface area contributed by atoms with Gasteiger partial charge in [0.05, 0.1) is 23.8 Å². The molecule has 0 aliphatic carbocycles. The van der Waals surface area contributed by atoms with Gasteiger partial charge in [0.25, 0.3) is 0 Å². The average molecular weight is 283 g/mol. The summed E-state index contributed by atoms with van der Waals surface area (Å²) in [4.78, 5) is 5.12. The monoisotopic (exact) mass is 283 g/mol. The van der Waals surface area contributed by atoms with E-state index in [2.05, 4.69) is 4.98 Å². The lowest BCUT2D eigenvalue weighted by molar-refractivity contribution is 0.178. The maximum Gasteiger partial charge on any atom is 0.140 e. The van der Waals surface area contributed by atoms with Crippen molar-refractivity contribution in [2.45, 2.75) is 19.8 Å². The lowest BCUT2D eigenvalue weighted by Gasteiger charge is -2.03. The van der Waals surface area contributed by atoms with Crippen molar-refractivity contribution in [3.63, 3.8) is 0 Å². The van der Waals surface area contributed by atoms with Crippen LogP contribution in [-0.2, 0) is 24.6 Å². The highest BCUT2D eigenvalue weighted by Crippen LogP contribution is 2.21. The van der Waals surface area contributed by atoms with Crippen LogP contribution in [0.5, 0.6) is 5.75 Å². The molecule has 0 radical (unpaired) electrons. The molecule has 0 bridgehead atoms. The molecule has 1 aromatic carbocycles. The van der Waals surface area contributed by atoms with Crippen LogP contribution in [0.15, 0.2) is 24.3 Å². The molecule has 0 spiro atoms. The molecule has 0 aliphatic heterocycles. The number of hydrogen-bond acceptors (Lipinski definition) is 5. The second kappa shape index (κ2) is 6.60. The molecule has 0 saturated heterocycles. The molecular formula is C13H14FNO3S. The molecule has 1 heterocycles. The number of methoxy groups -OCH3 is 1. The van der Waals surface area contributed by atoms with E-state index in [1.165, 1.54) is 23.5 Å². The van der Waals surface area contributed by atoms with E-state index in [1.54, 1.807) is 19.2 Å². The van der Waals surface area contributed by atoms with Crippen LogP contribution in [0.3, 0.4) is 0 Å². The van der Waals surface area contributed by atoms with Crippen molar-refractivity contribution >= 4 is 11.3 Å². The Kier molecular flexibility index (Phi) is 4.84. The maximum absolute atomic E-state index is 12.7. The van der Waals surface area contributed by atoms with Crippen LogP contribution >= 0.6 is 11.3 Å². The summed E-state index contributed by atoms with van der Waals surface area (Å²) in [7, 11) is 1.58. The first-order chi connectivity index (χ1) is 9.22. The van der Waals surface area contributed by atoms with E-state index in [4.69, 9.17) is 9.47 Å². The summed E-state index contributed by atoms with van der Waals surface area (Å²) in [6.45, 7) is 0.586. The van der Waals surface area contributed by atoms with E-state index in [0.29, 0.717) is 12.4 Å². The minimum absolute atomic E-state index is 0.0626. The van der Waals surface area contributed by atoms with E-state index in [1.807, 2.05) is 0 Å². The Morgan fingerprint density at radius 3 is 2.63 bits per heavy atom. The van der Waals surface area contributed by atoms with E-state index in [9.17, 15) is 9.50 Å². The summed E-state index contributed by atoms with van der Waals surface area (Å²) in [5.41, 5.74) is 0.729. The number of benzene rings is 1. The molecule has 2 aromatic rings. The molecule has 6 heteroatoms. The number of aromatic nitrogens is 1. The largest absolute Gasteiger partial charge is 0.486 e. The normalized spacial score (nSPS) is 10.7. The van der Waals surface area contributed by atoms with Crippen molar-refractivity contribution in [3.8, 4) is 5.75 Å². The highest BCUT2D eigenvalue weighted by Gasteiger charge is 2.10. The van der Waals surface area contributed by atoms with Crippen LogP contribution in [0.25, 0.3) is 0 Å². The smallest absolute Gasteiger partial charge is 0.140 e. The summed E-state index contributed by atoms with van der Waals surface area (Å²) < 4.78 is 23.2. The van der Waals surface area contributed by atoms with Crippen LogP contribution in [0.4, 0.5) is 4.39 Å². The zero-order chi connectivity index (χ0) is 13.7. The van der Waals surface area contributed by atoms with Gasteiger partial charge in [0.1, 0.15) is 23.2 Å². The number of hydrogen-bond donors (Lipinski definition) is 1. The number of halogens is 1. The van der Waals surface area contributed by atoms with Gasteiger partial charge >= 0.3 is 0 Å². The average Bonchev–Trinajstić information content (AvgIpc) is 2.81. The van der Waals surface area contributed by atoms with Crippen molar-refractivity contribution in [1.82, 2.24) is 4.98 Å². The third-order valence-corrected chi connectivity index (χ3v) is 3.48. The first kappa shape index (κ1) is 13.9. The third kappa shape index (κ3) is 3.73. The van der Waals surface area contributed by atoms with Gasteiger partial charge in [0.15, 0.2) is 0 Å². The number of nitrogens with zero attached hydrogens (tertiary/aromatic N) is 1. The standard InChI is InChI=1S/C13H14FNO3S/c1-17-7-11-12(6-16)19-13(15-11)8-18-10-4-2-9(14)3-5-10/h2-5,16H,6-8H2,1H3. The summed E-state index contributed by atoms with van der Waals surface area (Å²) in [5.74, 6) is 0.280. The summed E-state index contributed by atoms with van der Waals surface area (Å²) in [5, 5.41) is 9.96. The first-order valence-electron chi connectivity index (χ1n) is 5.68. The SMILES string of the molecule is COCc1nc(COc2ccc(F)cc2)sc1CO. The molecule has 0 saturated carbocycles. The van der Waals surface area contributed by atoms with Crippen LogP contribution in [-0.4, -0.2) is 17.2 Å². The molecule has 0 aliphatic rings. The van der Waals surface area contributed by atoms with Gasteiger partial charge in [-0.1, -0.05) is 0 Å². The second-order valence-corrected chi connectivity index (χ2v) is 4.98. The fourth-order valence-electron chi connectivity index (χ4n) is 1.55. The van der Waals surface area contributed by atoms with Gasteiger partial charge in [0, 0.05) is 7.11 Å². The number of ether oxygens (including phenoxy) is 2. The topological polar surface area (TPSA) is 51.6 Å². The fourth-order valence-corrected chi connectivity index (χ4v) is 2.39. The molecule has 4 nitrogen and oxygen atoms in total. The zero-order valence-corrected chi connectivity index (χ0v) is 11.2. The summed E-state index contributed by atoms with van der Waals surface area (Å²) in [6, 6.07) is 5.80. The quantitative estimate of drug-likeness (QED) is 0.885. The van der Waals surface area contributed by atoms with Crippen LogP contribution in [0, 0.1) is 5.82 Å². The molecule has 102 valence electrons. The van der Waals surface area contributed by atoms with Gasteiger partial charge in [-0.05, 0) is 24.3 Å². The predicted octanol–water partition coefficient (Wildman–Crippen LogP) is 2.50. The Bertz CT molecular complexity index is 527. The molecule has 2 rings (SSSR count). The molecule has 0 fully saturated rings. The van der Waals surface area contributed by atoms with Gasteiger partial charge in [0.2, 0.25) is 0 Å². The van der Waals surface area contributed by atoms with Crippen LogP contribution in [0.2, 0.25) is 0 Å². The highest BCUT2D eigenvalue weighted by molar-refractivity contribution is 7.11. The van der Waals surface area contributed by atoms with Crippen molar-refractivity contribution in [3.05, 3.63) is 45.7 Å². The molecule has 0 unspecified atom stereocenters. The first-order valence-corrected chi connectivity index (χ1v) is 6.50. The number of aliphatic hydroxyl groups is 1. The van der Waals surface area contributed by atoms with Gasteiger partial charge in [-0.25, -0.2) is 9.37 Å². The highest BCUT2D eigenvalue weighted by atomic mass is 32.1. The minimum Gasteiger partial charge on any atom is -0.486 e. The van der Waals surface area contributed by atoms with Crippen LogP contribution in [0.1, 0.15) is 15.6 Å². The van der Waals surface area contributed by atoms with Crippen molar-refractivity contribution < 1.29 is 19.0 Å². The Balaban J connectivity index is 2.01. The fraction of sp³-hybridized carbons (Fsp3) is 0.308.